The van der Waals surface area contributed by atoms with Crippen LogP contribution >= 0.6 is 0 Å². The summed E-state index contributed by atoms with van der Waals surface area (Å²) in [6.07, 6.45) is 11.5. The van der Waals surface area contributed by atoms with Gasteiger partial charge in [-0.3, -0.25) is 9.59 Å². The fraction of sp³-hybridized carbons (Fsp3) is 0.529. The van der Waals surface area contributed by atoms with Crippen molar-refractivity contribution in [1.29, 1.82) is 0 Å². The molecule has 0 spiro atoms. The fourth-order valence-corrected chi connectivity index (χ4v) is 5.19. The molecule has 1 N–H and O–H groups in total. The quantitative estimate of drug-likeness (QED) is 0.169. The van der Waals surface area contributed by atoms with Gasteiger partial charge >= 0.3 is 0 Å². The highest BCUT2D eigenvalue weighted by atomic mass is 16.5. The lowest BCUT2D eigenvalue weighted by Gasteiger charge is -2.29. The minimum atomic E-state index is -0.00998. The number of rotatable bonds is 18. The number of ether oxygens (including phenoxy) is 1. The number of H-pyrrole nitrogens is 1. The van der Waals surface area contributed by atoms with Crippen LogP contribution < -0.4 is 4.74 Å². The smallest absolute Gasteiger partial charge is 0.242 e. The van der Waals surface area contributed by atoms with E-state index in [1.165, 1.54) is 43.1 Å². The van der Waals surface area contributed by atoms with E-state index in [1.807, 2.05) is 47.5 Å². The molecule has 1 heterocycles. The average Bonchev–Trinajstić information content (AvgIpc) is 3.37. The summed E-state index contributed by atoms with van der Waals surface area (Å²) in [4.78, 5) is 34.0. The molecule has 2 amide bonds. The number of nitrogens with one attached hydrogen (secondary N) is 1. The Kier molecular flexibility index (Phi) is 13.1. The third kappa shape index (κ3) is 10.0. The monoisotopic (exact) mass is 547 g/mol. The lowest BCUT2D eigenvalue weighted by molar-refractivity contribution is -0.141. The normalized spacial score (nSPS) is 11.2. The van der Waals surface area contributed by atoms with E-state index in [4.69, 9.17) is 4.74 Å². The molecule has 6 nitrogen and oxygen atoms in total. The molecule has 0 aliphatic carbocycles. The SMILES string of the molecule is CCCCCCCCCC(=O)N(CC(=O)N(CCc1c[nH]c2ccccc12)Cc1ccc(OC)cc1)CC(C)C. The van der Waals surface area contributed by atoms with Crippen LogP contribution in [-0.4, -0.2) is 53.3 Å². The molecule has 0 saturated heterocycles. The number of benzene rings is 2. The predicted molar refractivity (Wildman–Crippen MR) is 164 cm³/mol. The summed E-state index contributed by atoms with van der Waals surface area (Å²) in [7, 11) is 1.65. The second-order valence-corrected chi connectivity index (χ2v) is 11.3. The Morgan fingerprint density at radius 3 is 2.27 bits per heavy atom. The topological polar surface area (TPSA) is 65.6 Å². The summed E-state index contributed by atoms with van der Waals surface area (Å²) < 4.78 is 5.31. The second kappa shape index (κ2) is 16.7. The third-order valence-corrected chi connectivity index (χ3v) is 7.47. The van der Waals surface area contributed by atoms with Gasteiger partial charge in [0, 0.05) is 43.2 Å². The number of hydrogen-bond acceptors (Lipinski definition) is 3. The van der Waals surface area contributed by atoms with Crippen LogP contribution in [0.1, 0.15) is 83.3 Å². The molecule has 0 saturated carbocycles. The number of methoxy groups -OCH3 is 1. The highest BCUT2D eigenvalue weighted by Gasteiger charge is 2.22. The number of unbranched alkanes of at least 4 members (excludes halogenated alkanes) is 6. The van der Waals surface area contributed by atoms with E-state index >= 15 is 0 Å². The standard InChI is InChI=1S/C34H49N3O3/c1-5-6-7-8-9-10-11-16-33(38)37(24-27(2)3)26-34(39)36(25-28-17-19-30(40-4)20-18-28)22-21-29-23-35-32-15-13-12-14-31(29)32/h12-15,17-20,23,27,35H,5-11,16,21-22,24-26H2,1-4H3. The number of nitrogens with zero attached hydrogens (tertiary/aromatic N) is 2. The summed E-state index contributed by atoms with van der Waals surface area (Å²) >= 11 is 0. The van der Waals surface area contributed by atoms with Gasteiger partial charge in [-0.15, -0.1) is 0 Å². The molecule has 3 aromatic rings. The molecule has 1 aromatic heterocycles. The number of amides is 2. The van der Waals surface area contributed by atoms with Gasteiger partial charge in [-0.1, -0.05) is 89.6 Å². The molecular formula is C34H49N3O3. The zero-order valence-corrected chi connectivity index (χ0v) is 25.1. The number of para-hydroxylation sites is 1. The predicted octanol–water partition coefficient (Wildman–Crippen LogP) is 7.37. The summed E-state index contributed by atoms with van der Waals surface area (Å²) in [6.45, 7) is 8.22. The van der Waals surface area contributed by atoms with Crippen LogP contribution in [0.3, 0.4) is 0 Å². The largest absolute Gasteiger partial charge is 0.497 e. The van der Waals surface area contributed by atoms with Crippen LogP contribution in [0.25, 0.3) is 10.9 Å². The Labute approximate surface area is 241 Å². The first-order valence-corrected chi connectivity index (χ1v) is 15.1. The maximum absolute atomic E-state index is 13.8. The Hall–Kier alpha value is -3.28. The number of carbonyl (C=O) groups is 2. The van der Waals surface area contributed by atoms with Crippen LogP contribution in [0.15, 0.2) is 54.7 Å². The summed E-state index contributed by atoms with van der Waals surface area (Å²) in [6, 6.07) is 16.1. The maximum Gasteiger partial charge on any atom is 0.242 e. The number of aromatic amines is 1. The molecule has 40 heavy (non-hydrogen) atoms. The van der Waals surface area contributed by atoms with Crippen LogP contribution in [0.4, 0.5) is 0 Å². The second-order valence-electron chi connectivity index (χ2n) is 11.3. The molecule has 0 bridgehead atoms. The third-order valence-electron chi connectivity index (χ3n) is 7.47. The highest BCUT2D eigenvalue weighted by Crippen LogP contribution is 2.20. The van der Waals surface area contributed by atoms with Crippen molar-refractivity contribution in [1.82, 2.24) is 14.8 Å². The van der Waals surface area contributed by atoms with E-state index in [9.17, 15) is 9.59 Å². The van der Waals surface area contributed by atoms with E-state index in [2.05, 4.69) is 37.9 Å². The minimum absolute atomic E-state index is 0.00998. The van der Waals surface area contributed by atoms with Crippen molar-refractivity contribution in [3.8, 4) is 5.75 Å². The molecule has 0 aliphatic heterocycles. The molecule has 6 heteroatoms. The molecule has 0 radical (unpaired) electrons. The van der Waals surface area contributed by atoms with Gasteiger partial charge in [0.05, 0.1) is 13.7 Å². The van der Waals surface area contributed by atoms with Crippen molar-refractivity contribution in [2.45, 2.75) is 85.1 Å². The molecule has 0 unspecified atom stereocenters. The van der Waals surface area contributed by atoms with Crippen LogP contribution in [0.5, 0.6) is 5.75 Å². The van der Waals surface area contributed by atoms with Gasteiger partial charge < -0.3 is 19.5 Å². The number of carbonyl (C=O) groups excluding carboxylic acids is 2. The van der Waals surface area contributed by atoms with Crippen LogP contribution in [0.2, 0.25) is 0 Å². The van der Waals surface area contributed by atoms with E-state index in [0.717, 1.165) is 36.1 Å². The first kappa shape index (κ1) is 31.3. The van der Waals surface area contributed by atoms with E-state index in [-0.39, 0.29) is 18.4 Å². The van der Waals surface area contributed by atoms with Crippen molar-refractivity contribution in [2.24, 2.45) is 5.92 Å². The van der Waals surface area contributed by atoms with Gasteiger partial charge in [0.15, 0.2) is 0 Å². The molecule has 2 aromatic carbocycles. The van der Waals surface area contributed by atoms with Crippen molar-refractivity contribution >= 4 is 22.7 Å². The highest BCUT2D eigenvalue weighted by molar-refractivity contribution is 5.85. The molecule has 3 rings (SSSR count). The van der Waals surface area contributed by atoms with Crippen molar-refractivity contribution in [2.75, 3.05) is 26.7 Å². The van der Waals surface area contributed by atoms with Gasteiger partial charge in [-0.05, 0) is 48.1 Å². The zero-order chi connectivity index (χ0) is 28.7. The Morgan fingerprint density at radius 1 is 0.875 bits per heavy atom. The first-order chi connectivity index (χ1) is 19.4. The van der Waals surface area contributed by atoms with Gasteiger partial charge in [-0.25, -0.2) is 0 Å². The van der Waals surface area contributed by atoms with Gasteiger partial charge in [0.2, 0.25) is 11.8 Å². The van der Waals surface area contributed by atoms with Crippen molar-refractivity contribution in [3.05, 3.63) is 65.9 Å². The van der Waals surface area contributed by atoms with Crippen molar-refractivity contribution < 1.29 is 14.3 Å². The van der Waals surface area contributed by atoms with E-state index < -0.39 is 0 Å². The van der Waals surface area contributed by atoms with E-state index in [1.54, 1.807) is 12.0 Å². The maximum atomic E-state index is 13.8. The van der Waals surface area contributed by atoms with Crippen molar-refractivity contribution in [3.63, 3.8) is 0 Å². The van der Waals surface area contributed by atoms with Gasteiger partial charge in [0.1, 0.15) is 5.75 Å². The number of fused-ring (bicyclic) bond motifs is 1. The summed E-state index contributed by atoms with van der Waals surface area (Å²) in [5.74, 6) is 1.17. The zero-order valence-electron chi connectivity index (χ0n) is 25.1. The fourth-order valence-electron chi connectivity index (χ4n) is 5.19. The average molecular weight is 548 g/mol. The van der Waals surface area contributed by atoms with Crippen LogP contribution in [-0.2, 0) is 22.6 Å². The minimum Gasteiger partial charge on any atom is -0.497 e. The molecule has 0 fully saturated rings. The Balaban J connectivity index is 1.67. The summed E-state index contributed by atoms with van der Waals surface area (Å²) in [5, 5.41) is 1.19. The lowest BCUT2D eigenvalue weighted by atomic mass is 10.1. The summed E-state index contributed by atoms with van der Waals surface area (Å²) in [5.41, 5.74) is 3.33. The molecular weight excluding hydrogens is 498 g/mol. The number of aromatic nitrogens is 1. The van der Waals surface area contributed by atoms with Gasteiger partial charge in [0.25, 0.3) is 0 Å². The lowest BCUT2D eigenvalue weighted by Crippen LogP contribution is -2.44. The number of hydrogen-bond donors (Lipinski definition) is 1. The van der Waals surface area contributed by atoms with Gasteiger partial charge in [-0.2, -0.15) is 0 Å². The molecule has 218 valence electrons. The Bertz CT molecular complexity index is 1170. The first-order valence-electron chi connectivity index (χ1n) is 15.1. The van der Waals surface area contributed by atoms with E-state index in [0.29, 0.717) is 32.0 Å². The molecule has 0 aliphatic rings. The van der Waals surface area contributed by atoms with Crippen LogP contribution in [0, 0.1) is 5.92 Å². The Morgan fingerprint density at radius 2 is 1.57 bits per heavy atom. The molecule has 0 atom stereocenters.